The van der Waals surface area contributed by atoms with E-state index < -0.39 is 12.7 Å². The van der Waals surface area contributed by atoms with Crippen molar-refractivity contribution in [1.29, 1.82) is 0 Å². The zero-order chi connectivity index (χ0) is 32.1. The van der Waals surface area contributed by atoms with Crippen LogP contribution in [0.5, 0.6) is 5.75 Å². The summed E-state index contributed by atoms with van der Waals surface area (Å²) in [6.45, 7) is 2.50. The van der Waals surface area contributed by atoms with Crippen LogP contribution in [0.4, 0.5) is 30.5 Å². The summed E-state index contributed by atoms with van der Waals surface area (Å²) in [7, 11) is 1.58. The fourth-order valence-electron chi connectivity index (χ4n) is 4.36. The molecule has 0 bridgehead atoms. The van der Waals surface area contributed by atoms with Crippen molar-refractivity contribution in [2.75, 3.05) is 28.4 Å². The molecule has 0 radical (unpaired) electrons. The molecule has 1 atom stereocenters. The van der Waals surface area contributed by atoms with E-state index in [-0.39, 0.29) is 29.9 Å². The summed E-state index contributed by atoms with van der Waals surface area (Å²) in [5.74, 6) is -0.0342. The first kappa shape index (κ1) is 32.1. The maximum atomic E-state index is 12.8. The second-order valence-electron chi connectivity index (χ2n) is 9.73. The summed E-state index contributed by atoms with van der Waals surface area (Å²) >= 11 is 7.72. The van der Waals surface area contributed by atoms with E-state index in [0.717, 1.165) is 11.1 Å². The van der Waals surface area contributed by atoms with Crippen molar-refractivity contribution >= 4 is 51.8 Å². The number of carbonyl (C=O) groups is 1. The number of hydrogen-bond acceptors (Lipinski definition) is 10. The van der Waals surface area contributed by atoms with Gasteiger partial charge in [0, 0.05) is 29.9 Å². The van der Waals surface area contributed by atoms with Crippen molar-refractivity contribution in [2.45, 2.75) is 32.8 Å². The number of amidine groups is 1. The lowest BCUT2D eigenvalue weighted by Gasteiger charge is -2.21. The van der Waals surface area contributed by atoms with E-state index in [9.17, 15) is 23.1 Å². The number of thioether (sulfide) groups is 1. The number of alkyl halides is 3. The highest BCUT2D eigenvalue weighted by Gasteiger charge is 2.32. The Hall–Kier alpha value is -4.31. The number of rotatable bonds is 11. The van der Waals surface area contributed by atoms with Crippen molar-refractivity contribution in [3.05, 3.63) is 88.7 Å². The Bertz CT molecular complexity index is 1700. The van der Waals surface area contributed by atoms with E-state index in [4.69, 9.17) is 16.3 Å². The number of anilines is 3. The van der Waals surface area contributed by atoms with Gasteiger partial charge in [0.25, 0.3) is 0 Å². The topological polar surface area (TPSA) is 126 Å². The zero-order valence-electron chi connectivity index (χ0n) is 23.9. The molecule has 3 aromatic carbocycles. The van der Waals surface area contributed by atoms with E-state index in [0.29, 0.717) is 39.4 Å². The summed E-state index contributed by atoms with van der Waals surface area (Å²) in [6.07, 6.45) is -4.72. The number of aryl methyl sites for hydroxylation is 1. The minimum atomic E-state index is -4.77. The van der Waals surface area contributed by atoms with Gasteiger partial charge >= 0.3 is 6.36 Å². The quantitative estimate of drug-likeness (QED) is 0.173. The second kappa shape index (κ2) is 13.8. The van der Waals surface area contributed by atoms with Crippen LogP contribution in [0.15, 0.2) is 72.0 Å². The lowest BCUT2D eigenvalue weighted by atomic mass is 10.1. The van der Waals surface area contributed by atoms with E-state index in [1.165, 1.54) is 51.9 Å². The monoisotopic (exact) mass is 661 g/mol. The largest absolute Gasteiger partial charge is 0.573 e. The lowest BCUT2D eigenvalue weighted by Crippen LogP contribution is -2.32. The summed E-state index contributed by atoms with van der Waals surface area (Å²) in [4.78, 5) is 22.8. The minimum Gasteiger partial charge on any atom is -0.406 e. The summed E-state index contributed by atoms with van der Waals surface area (Å²) < 4.78 is 47.7. The summed E-state index contributed by atoms with van der Waals surface area (Å²) in [5, 5.41) is 21.7. The third kappa shape index (κ3) is 8.25. The Morgan fingerprint density at radius 2 is 1.89 bits per heavy atom. The molecular formula is C29H27ClF3N7O4S. The van der Waals surface area contributed by atoms with Gasteiger partial charge in [-0.25, -0.2) is 14.7 Å². The third-order valence-corrected chi connectivity index (χ3v) is 7.68. The third-order valence-electron chi connectivity index (χ3n) is 6.39. The lowest BCUT2D eigenvalue weighted by molar-refractivity contribution is -0.274. The van der Waals surface area contributed by atoms with E-state index in [2.05, 4.69) is 30.4 Å². The number of aliphatic hydroxyl groups is 1. The number of methoxy groups -OCH3 is 1. The molecule has 1 amide bonds. The fraction of sp³-hybridized carbons (Fsp3) is 0.241. The molecule has 5 rings (SSSR count). The van der Waals surface area contributed by atoms with Crippen molar-refractivity contribution in [2.24, 2.45) is 4.99 Å². The van der Waals surface area contributed by atoms with Gasteiger partial charge < -0.3 is 25.2 Å². The number of aliphatic hydroxyl groups excluding tert-OH is 1. The van der Waals surface area contributed by atoms with E-state index in [1.54, 1.807) is 25.3 Å². The molecule has 0 aliphatic carbocycles. The fourth-order valence-corrected chi connectivity index (χ4v) is 5.50. The number of amides is 1. The van der Waals surface area contributed by atoms with Gasteiger partial charge in [0.05, 0.1) is 23.7 Å². The van der Waals surface area contributed by atoms with Gasteiger partial charge in [-0.15, -0.1) is 18.3 Å². The van der Waals surface area contributed by atoms with Gasteiger partial charge in [-0.1, -0.05) is 41.6 Å². The van der Waals surface area contributed by atoms with Crippen molar-refractivity contribution in [3.8, 4) is 11.4 Å². The first-order valence-electron chi connectivity index (χ1n) is 13.4. The molecule has 3 N–H and O–H groups in total. The minimum absolute atomic E-state index is 0.151. The van der Waals surface area contributed by atoms with Crippen LogP contribution in [0.25, 0.3) is 5.69 Å². The molecule has 0 saturated carbocycles. The second-order valence-corrected chi connectivity index (χ2v) is 11.1. The molecule has 1 unspecified atom stereocenters. The number of hydrogen-bond donors (Lipinski definition) is 3. The van der Waals surface area contributed by atoms with Crippen LogP contribution in [0, 0.1) is 6.92 Å². The van der Waals surface area contributed by atoms with Crippen LogP contribution >= 0.6 is 23.4 Å². The highest BCUT2D eigenvalue weighted by molar-refractivity contribution is 8.15. The molecular weight excluding hydrogens is 635 g/mol. The average molecular weight is 662 g/mol. The van der Waals surface area contributed by atoms with Gasteiger partial charge in [-0.2, -0.15) is 0 Å². The number of nitrogens with zero attached hydrogens (tertiary/aromatic N) is 5. The van der Waals surface area contributed by atoms with Gasteiger partial charge in [-0.05, 0) is 60.5 Å². The number of ether oxygens (including phenoxy) is 2. The molecule has 236 valence electrons. The van der Waals surface area contributed by atoms with Crippen LogP contribution < -0.4 is 20.3 Å². The van der Waals surface area contributed by atoms with Crippen molar-refractivity contribution in [1.82, 2.24) is 14.8 Å². The van der Waals surface area contributed by atoms with E-state index in [1.807, 2.05) is 25.1 Å². The molecule has 1 aromatic heterocycles. The predicted octanol–water partition coefficient (Wildman–Crippen LogP) is 5.71. The number of aliphatic imine (C=N–C) groups is 1. The Balaban J connectivity index is 1.20. The average Bonchev–Trinajstić information content (AvgIpc) is 3.59. The predicted molar refractivity (Wildman–Crippen MR) is 166 cm³/mol. The standard InChI is InChI=1S/C29H27ClF3N7O4S/c1-17-3-4-19(14-43-2)24(11-17)40-25(41)15-45-28(40)37-27(42)36-20-6-5-18(23(30)12-20)13-34-26-35-16-39(38-26)21-7-9-22(10-8-21)44-29(31,32)33/h3-12,16,27,36,42H,13-15H2,1-2H3,(H,34,38)/b37-28-. The Labute approximate surface area is 265 Å². The molecule has 1 fully saturated rings. The van der Waals surface area contributed by atoms with Crippen LogP contribution in [0.1, 0.15) is 16.7 Å². The molecule has 1 aliphatic rings. The number of benzene rings is 3. The van der Waals surface area contributed by atoms with Gasteiger partial charge in [0.1, 0.15) is 12.1 Å². The number of carbonyl (C=O) groups excluding carboxylic acids is 1. The summed E-state index contributed by atoms with van der Waals surface area (Å²) in [5.41, 5.74) is 4.14. The maximum absolute atomic E-state index is 12.8. The smallest absolute Gasteiger partial charge is 0.406 e. The molecule has 2 heterocycles. The zero-order valence-corrected chi connectivity index (χ0v) is 25.5. The maximum Gasteiger partial charge on any atom is 0.573 e. The Morgan fingerprint density at radius 1 is 1.13 bits per heavy atom. The first-order chi connectivity index (χ1) is 21.5. The van der Waals surface area contributed by atoms with E-state index >= 15 is 0 Å². The molecule has 11 nitrogen and oxygen atoms in total. The Morgan fingerprint density at radius 3 is 2.60 bits per heavy atom. The molecule has 4 aromatic rings. The molecule has 45 heavy (non-hydrogen) atoms. The van der Waals surface area contributed by atoms with Crippen LogP contribution in [-0.2, 0) is 22.7 Å². The SMILES string of the molecule is COCc1ccc(C)cc1N1C(=O)CS/C1=N\C(O)Nc1ccc(CNc2ncn(-c3ccc(OC(F)(F)F)cc3)n2)c(Cl)c1. The van der Waals surface area contributed by atoms with Crippen LogP contribution in [0.2, 0.25) is 5.02 Å². The summed E-state index contributed by atoms with van der Waals surface area (Å²) in [6, 6.07) is 16.0. The highest BCUT2D eigenvalue weighted by Crippen LogP contribution is 2.32. The van der Waals surface area contributed by atoms with Gasteiger partial charge in [-0.3, -0.25) is 9.69 Å². The molecule has 1 aliphatic heterocycles. The molecule has 0 spiro atoms. The van der Waals surface area contributed by atoms with Gasteiger partial charge in [0.15, 0.2) is 5.17 Å². The number of halogens is 4. The van der Waals surface area contributed by atoms with Crippen molar-refractivity contribution in [3.63, 3.8) is 0 Å². The first-order valence-corrected chi connectivity index (χ1v) is 14.7. The molecule has 16 heteroatoms. The van der Waals surface area contributed by atoms with Crippen molar-refractivity contribution < 1.29 is 32.5 Å². The van der Waals surface area contributed by atoms with Crippen LogP contribution in [0.3, 0.4) is 0 Å². The number of nitrogens with one attached hydrogen (secondary N) is 2. The highest BCUT2D eigenvalue weighted by atomic mass is 35.5. The normalized spacial score (nSPS) is 15.0. The number of aromatic nitrogens is 3. The Kier molecular flexibility index (Phi) is 9.82. The molecule has 1 saturated heterocycles. The van der Waals surface area contributed by atoms with Gasteiger partial charge in [0.2, 0.25) is 18.2 Å². The van der Waals surface area contributed by atoms with Crippen LogP contribution in [-0.4, -0.2) is 56.5 Å².